The molecule has 0 radical (unpaired) electrons. The van der Waals surface area contributed by atoms with Crippen LogP contribution in [0.1, 0.15) is 45.8 Å². The number of aromatic hydroxyl groups is 1. The number of primary amides is 1. The maximum absolute atomic E-state index is 15.2. The van der Waals surface area contributed by atoms with Crippen LogP contribution < -0.4 is 16.8 Å². The standard InChI is InChI=1S/C26H25FN6O2/c1-2-14-11-19(22(27)21(34)12-14)23(32-16-9-7-15(8-10-16)24(28)29)26-31-13-20(33-26)17-5-3-4-6-18(17)25(30)35/h3-13,23,32,34H,2H2,1H3,(H3,28,29)(H2,30,35)(H,31,33). The zero-order valence-electron chi connectivity index (χ0n) is 19.0. The van der Waals surface area contributed by atoms with Gasteiger partial charge in [-0.3, -0.25) is 10.2 Å². The normalized spacial score (nSPS) is 11.7. The van der Waals surface area contributed by atoms with Crippen molar-refractivity contribution in [1.82, 2.24) is 9.97 Å². The zero-order valence-corrected chi connectivity index (χ0v) is 19.0. The zero-order chi connectivity index (χ0) is 25.1. The average Bonchev–Trinajstić information content (AvgIpc) is 3.34. The fraction of sp³-hybridized carbons (Fsp3) is 0.115. The Labute approximate surface area is 201 Å². The van der Waals surface area contributed by atoms with E-state index in [0.29, 0.717) is 40.3 Å². The Bertz CT molecular complexity index is 1400. The second-order valence-electron chi connectivity index (χ2n) is 8.03. The first kappa shape index (κ1) is 23.5. The van der Waals surface area contributed by atoms with Gasteiger partial charge in [-0.1, -0.05) is 31.2 Å². The second kappa shape index (κ2) is 9.68. The molecule has 8 nitrogen and oxygen atoms in total. The Morgan fingerprint density at radius 2 is 1.89 bits per heavy atom. The molecule has 1 aromatic heterocycles. The van der Waals surface area contributed by atoms with Crippen molar-refractivity contribution in [3.05, 3.63) is 101 Å². The van der Waals surface area contributed by atoms with Crippen LogP contribution >= 0.6 is 0 Å². The summed E-state index contributed by atoms with van der Waals surface area (Å²) in [6.07, 6.45) is 2.14. The Morgan fingerprint density at radius 3 is 2.54 bits per heavy atom. The van der Waals surface area contributed by atoms with Crippen molar-refractivity contribution in [1.29, 1.82) is 5.41 Å². The molecule has 1 atom stereocenters. The van der Waals surface area contributed by atoms with Crippen molar-refractivity contribution < 1.29 is 14.3 Å². The number of carbonyl (C=O) groups excluding carboxylic acids is 1. The molecule has 8 N–H and O–H groups in total. The minimum Gasteiger partial charge on any atom is -0.505 e. The van der Waals surface area contributed by atoms with Gasteiger partial charge in [0.15, 0.2) is 11.6 Å². The number of carbonyl (C=O) groups is 1. The summed E-state index contributed by atoms with van der Waals surface area (Å²) >= 11 is 0. The molecule has 35 heavy (non-hydrogen) atoms. The summed E-state index contributed by atoms with van der Waals surface area (Å²) in [5, 5.41) is 21.1. The van der Waals surface area contributed by atoms with Crippen LogP contribution in [0.2, 0.25) is 0 Å². The van der Waals surface area contributed by atoms with Gasteiger partial charge in [0.25, 0.3) is 0 Å². The van der Waals surface area contributed by atoms with E-state index in [9.17, 15) is 9.90 Å². The van der Waals surface area contributed by atoms with Crippen molar-refractivity contribution in [2.24, 2.45) is 11.5 Å². The number of amidine groups is 1. The molecule has 0 bridgehead atoms. The van der Waals surface area contributed by atoms with E-state index in [1.807, 2.05) is 6.92 Å². The van der Waals surface area contributed by atoms with Gasteiger partial charge in [-0.05, 0) is 48.4 Å². The van der Waals surface area contributed by atoms with Gasteiger partial charge in [0.05, 0.1) is 11.9 Å². The number of nitrogens with two attached hydrogens (primary N) is 2. The third kappa shape index (κ3) is 4.84. The molecule has 4 aromatic rings. The molecule has 0 fully saturated rings. The highest BCUT2D eigenvalue weighted by Crippen LogP contribution is 2.33. The van der Waals surface area contributed by atoms with Crippen LogP contribution in [-0.4, -0.2) is 26.8 Å². The van der Waals surface area contributed by atoms with Gasteiger partial charge in [-0.15, -0.1) is 0 Å². The number of H-pyrrole nitrogens is 1. The number of aryl methyl sites for hydroxylation is 1. The average molecular weight is 473 g/mol. The predicted molar refractivity (Wildman–Crippen MR) is 133 cm³/mol. The van der Waals surface area contributed by atoms with Gasteiger partial charge >= 0.3 is 0 Å². The summed E-state index contributed by atoms with van der Waals surface area (Å²) in [4.78, 5) is 19.5. The minimum atomic E-state index is -0.815. The van der Waals surface area contributed by atoms with Gasteiger partial charge < -0.3 is 26.9 Å². The Morgan fingerprint density at radius 1 is 1.17 bits per heavy atom. The molecule has 0 spiro atoms. The number of phenolic OH excluding ortho intramolecular Hbond substituents is 1. The van der Waals surface area contributed by atoms with E-state index in [-0.39, 0.29) is 11.4 Å². The van der Waals surface area contributed by atoms with E-state index in [0.717, 1.165) is 5.56 Å². The number of hydrogen-bond donors (Lipinski definition) is 6. The lowest BCUT2D eigenvalue weighted by Crippen LogP contribution is -2.17. The van der Waals surface area contributed by atoms with Crippen LogP contribution in [0.5, 0.6) is 5.75 Å². The van der Waals surface area contributed by atoms with Gasteiger partial charge in [0, 0.05) is 27.9 Å². The van der Waals surface area contributed by atoms with E-state index in [1.165, 1.54) is 6.07 Å². The quantitative estimate of drug-likeness (QED) is 0.169. The third-order valence-electron chi connectivity index (χ3n) is 5.72. The summed E-state index contributed by atoms with van der Waals surface area (Å²) in [5.41, 5.74) is 14.6. The van der Waals surface area contributed by atoms with Crippen LogP contribution in [0.25, 0.3) is 11.3 Å². The number of nitrogen functional groups attached to an aromatic ring is 1. The molecule has 178 valence electrons. The number of imidazole rings is 1. The SMILES string of the molecule is CCc1cc(O)c(F)c(C(Nc2ccc(C(=N)N)cc2)c2ncc(-c3ccccc3C(N)=O)[nH]2)c1. The molecule has 1 heterocycles. The Balaban J connectivity index is 1.81. The Kier molecular flexibility index (Phi) is 6.50. The fourth-order valence-corrected chi connectivity index (χ4v) is 3.86. The van der Waals surface area contributed by atoms with Crippen LogP contribution in [0, 0.1) is 11.2 Å². The lowest BCUT2D eigenvalue weighted by molar-refractivity contribution is 0.100. The highest BCUT2D eigenvalue weighted by atomic mass is 19.1. The second-order valence-corrected chi connectivity index (χ2v) is 8.03. The summed E-state index contributed by atoms with van der Waals surface area (Å²) in [5.74, 6) is -1.51. The van der Waals surface area contributed by atoms with Gasteiger partial charge in [0.1, 0.15) is 17.7 Å². The number of hydrogen-bond acceptors (Lipinski definition) is 5. The molecule has 0 aliphatic carbocycles. The maximum atomic E-state index is 15.2. The number of rotatable bonds is 8. The smallest absolute Gasteiger partial charge is 0.249 e. The van der Waals surface area contributed by atoms with Crippen molar-refractivity contribution >= 4 is 17.4 Å². The summed E-state index contributed by atoms with van der Waals surface area (Å²) in [7, 11) is 0. The van der Waals surface area contributed by atoms with Crippen molar-refractivity contribution in [2.75, 3.05) is 5.32 Å². The summed E-state index contributed by atoms with van der Waals surface area (Å²) in [6.45, 7) is 1.91. The first-order valence-electron chi connectivity index (χ1n) is 10.9. The van der Waals surface area contributed by atoms with Crippen LogP contribution in [0.4, 0.5) is 10.1 Å². The number of benzene rings is 3. The number of nitrogens with zero attached hydrogens (tertiary/aromatic N) is 1. The largest absolute Gasteiger partial charge is 0.505 e. The summed E-state index contributed by atoms with van der Waals surface area (Å²) in [6, 6.07) is 15.9. The molecular weight excluding hydrogens is 447 g/mol. The van der Waals surface area contributed by atoms with Gasteiger partial charge in [-0.2, -0.15) is 0 Å². The predicted octanol–water partition coefficient (Wildman–Crippen LogP) is 4.07. The molecule has 0 saturated heterocycles. The van der Waals surface area contributed by atoms with E-state index in [4.69, 9.17) is 16.9 Å². The number of amides is 1. The number of phenols is 1. The molecule has 0 aliphatic heterocycles. The molecule has 0 saturated carbocycles. The maximum Gasteiger partial charge on any atom is 0.249 e. The van der Waals surface area contributed by atoms with E-state index in [1.54, 1.807) is 60.8 Å². The van der Waals surface area contributed by atoms with Gasteiger partial charge in [0.2, 0.25) is 5.91 Å². The fourth-order valence-electron chi connectivity index (χ4n) is 3.86. The number of aromatic nitrogens is 2. The Hall–Kier alpha value is -4.66. The van der Waals surface area contributed by atoms with Crippen LogP contribution in [-0.2, 0) is 6.42 Å². The van der Waals surface area contributed by atoms with Crippen molar-refractivity contribution in [2.45, 2.75) is 19.4 Å². The van der Waals surface area contributed by atoms with E-state index >= 15 is 4.39 Å². The van der Waals surface area contributed by atoms with Crippen molar-refractivity contribution in [3.8, 4) is 17.0 Å². The molecule has 1 unspecified atom stereocenters. The van der Waals surface area contributed by atoms with E-state index in [2.05, 4.69) is 15.3 Å². The van der Waals surface area contributed by atoms with Crippen molar-refractivity contribution in [3.63, 3.8) is 0 Å². The molecule has 0 aliphatic rings. The monoisotopic (exact) mass is 472 g/mol. The van der Waals surface area contributed by atoms with Crippen LogP contribution in [0.15, 0.2) is 66.9 Å². The van der Waals surface area contributed by atoms with Gasteiger partial charge in [-0.25, -0.2) is 9.37 Å². The highest BCUT2D eigenvalue weighted by molar-refractivity contribution is 5.99. The summed E-state index contributed by atoms with van der Waals surface area (Å²) < 4.78 is 15.2. The number of anilines is 1. The minimum absolute atomic E-state index is 0.0662. The molecule has 4 rings (SSSR count). The molecule has 1 amide bonds. The first-order valence-corrected chi connectivity index (χ1v) is 10.9. The topological polar surface area (TPSA) is 154 Å². The van der Waals surface area contributed by atoms with E-state index < -0.39 is 23.5 Å². The lowest BCUT2D eigenvalue weighted by atomic mass is 10.00. The number of aromatic amines is 1. The highest BCUT2D eigenvalue weighted by Gasteiger charge is 2.25. The molecule has 9 heteroatoms. The number of nitrogens with one attached hydrogen (secondary N) is 3. The molecule has 3 aromatic carbocycles. The van der Waals surface area contributed by atoms with Crippen LogP contribution in [0.3, 0.4) is 0 Å². The molecular formula is C26H25FN6O2. The third-order valence-corrected chi connectivity index (χ3v) is 5.72. The lowest BCUT2D eigenvalue weighted by Gasteiger charge is -2.21. The first-order chi connectivity index (χ1) is 16.8. The number of halogens is 1.